The summed E-state index contributed by atoms with van der Waals surface area (Å²) in [5.41, 5.74) is 3.56. The lowest BCUT2D eigenvalue weighted by atomic mass is 10.3. The molecular formula is C9H15N5. The molecule has 0 aromatic carbocycles. The molecule has 1 saturated carbocycles. The van der Waals surface area contributed by atoms with E-state index in [-0.39, 0.29) is 0 Å². The van der Waals surface area contributed by atoms with Crippen molar-refractivity contribution < 1.29 is 0 Å². The highest BCUT2D eigenvalue weighted by Crippen LogP contribution is 2.39. The second-order valence-corrected chi connectivity index (χ2v) is 3.57. The van der Waals surface area contributed by atoms with Crippen molar-refractivity contribution in [1.29, 1.82) is 0 Å². The van der Waals surface area contributed by atoms with Crippen molar-refractivity contribution in [2.24, 2.45) is 5.84 Å². The molecular weight excluding hydrogens is 178 g/mol. The Labute approximate surface area is 83.1 Å². The van der Waals surface area contributed by atoms with Crippen molar-refractivity contribution in [2.75, 3.05) is 17.8 Å². The van der Waals surface area contributed by atoms with Crippen LogP contribution in [0.15, 0.2) is 0 Å². The van der Waals surface area contributed by atoms with Gasteiger partial charge in [-0.05, 0) is 19.8 Å². The molecule has 0 aliphatic heterocycles. The molecule has 0 saturated heterocycles. The van der Waals surface area contributed by atoms with Crippen LogP contribution in [0.2, 0.25) is 0 Å². The summed E-state index contributed by atoms with van der Waals surface area (Å²) in [6.45, 7) is 1.94. The van der Waals surface area contributed by atoms with Gasteiger partial charge in [-0.15, -0.1) is 0 Å². The Morgan fingerprint density at radius 3 is 2.43 bits per heavy atom. The summed E-state index contributed by atoms with van der Waals surface area (Å²) in [5.74, 6) is 8.40. The molecule has 2 rings (SSSR count). The van der Waals surface area contributed by atoms with E-state index in [2.05, 4.69) is 20.7 Å². The second kappa shape index (κ2) is 3.42. The van der Waals surface area contributed by atoms with Gasteiger partial charge in [0.15, 0.2) is 0 Å². The minimum absolute atomic E-state index is 0.537. The Morgan fingerprint density at radius 2 is 1.93 bits per heavy atom. The van der Waals surface area contributed by atoms with E-state index in [1.165, 1.54) is 12.8 Å². The van der Waals surface area contributed by atoms with E-state index in [1.807, 2.05) is 14.0 Å². The first-order valence-corrected chi connectivity index (χ1v) is 4.79. The highest BCUT2D eigenvalue weighted by Gasteiger charge is 2.27. The molecule has 1 aromatic heterocycles. The van der Waals surface area contributed by atoms with Crippen molar-refractivity contribution in [1.82, 2.24) is 9.97 Å². The predicted octanol–water partition coefficient (Wildman–Crippen LogP) is 0.990. The monoisotopic (exact) mass is 193 g/mol. The topological polar surface area (TPSA) is 75.9 Å². The summed E-state index contributed by atoms with van der Waals surface area (Å²) >= 11 is 0. The average Bonchev–Trinajstić information content (AvgIpc) is 3.02. The van der Waals surface area contributed by atoms with Gasteiger partial charge in [-0.2, -0.15) is 0 Å². The Bertz CT molecular complexity index is 320. The summed E-state index contributed by atoms with van der Waals surface area (Å²) in [7, 11) is 1.85. The quantitative estimate of drug-likeness (QED) is 0.493. The number of nitrogens with one attached hydrogen (secondary N) is 2. The van der Waals surface area contributed by atoms with Gasteiger partial charge in [0.2, 0.25) is 0 Å². The Morgan fingerprint density at radius 1 is 1.29 bits per heavy atom. The third-order valence-electron chi connectivity index (χ3n) is 2.48. The van der Waals surface area contributed by atoms with Crippen LogP contribution in [0.25, 0.3) is 0 Å². The van der Waals surface area contributed by atoms with Gasteiger partial charge < -0.3 is 10.7 Å². The molecule has 1 heterocycles. The highest BCUT2D eigenvalue weighted by atomic mass is 15.3. The molecule has 0 unspecified atom stereocenters. The second-order valence-electron chi connectivity index (χ2n) is 3.57. The van der Waals surface area contributed by atoms with E-state index in [1.54, 1.807) is 0 Å². The molecule has 76 valence electrons. The number of rotatable bonds is 3. The summed E-state index contributed by atoms with van der Waals surface area (Å²) in [6, 6.07) is 0. The maximum Gasteiger partial charge on any atom is 0.148 e. The van der Waals surface area contributed by atoms with Crippen LogP contribution in [0.5, 0.6) is 0 Å². The molecule has 0 spiro atoms. The maximum absolute atomic E-state index is 5.40. The molecule has 1 aliphatic carbocycles. The third-order valence-corrected chi connectivity index (χ3v) is 2.48. The van der Waals surface area contributed by atoms with Gasteiger partial charge >= 0.3 is 0 Å². The van der Waals surface area contributed by atoms with E-state index in [4.69, 9.17) is 5.84 Å². The van der Waals surface area contributed by atoms with Crippen molar-refractivity contribution in [2.45, 2.75) is 25.7 Å². The first kappa shape index (κ1) is 9.21. The molecule has 0 radical (unpaired) electrons. The molecule has 4 N–H and O–H groups in total. The average molecular weight is 193 g/mol. The van der Waals surface area contributed by atoms with Crippen LogP contribution in [-0.2, 0) is 0 Å². The third kappa shape index (κ3) is 1.50. The van der Waals surface area contributed by atoms with Gasteiger partial charge in [-0.3, -0.25) is 0 Å². The van der Waals surface area contributed by atoms with Crippen LogP contribution in [0, 0.1) is 6.92 Å². The van der Waals surface area contributed by atoms with Crippen LogP contribution in [0.1, 0.15) is 30.1 Å². The molecule has 5 nitrogen and oxygen atoms in total. The van der Waals surface area contributed by atoms with Gasteiger partial charge in [-0.1, -0.05) is 0 Å². The standard InChI is InChI=1S/C9H15N5/c1-5-7(11-2)12-9(6-3-4-6)13-8(5)14-10/h6H,3-4,10H2,1-2H3,(H2,11,12,13,14). The van der Waals surface area contributed by atoms with Crippen LogP contribution in [-0.4, -0.2) is 17.0 Å². The fraction of sp³-hybridized carbons (Fsp3) is 0.556. The van der Waals surface area contributed by atoms with Crippen LogP contribution < -0.4 is 16.6 Å². The summed E-state index contributed by atoms with van der Waals surface area (Å²) < 4.78 is 0. The Balaban J connectivity index is 2.43. The molecule has 1 fully saturated rings. The predicted molar refractivity (Wildman–Crippen MR) is 56.1 cm³/mol. The van der Waals surface area contributed by atoms with Crippen LogP contribution >= 0.6 is 0 Å². The fourth-order valence-corrected chi connectivity index (χ4v) is 1.44. The number of nitrogens with two attached hydrogens (primary N) is 1. The van der Waals surface area contributed by atoms with Crippen LogP contribution in [0.4, 0.5) is 11.6 Å². The van der Waals surface area contributed by atoms with E-state index in [0.717, 1.165) is 17.2 Å². The lowest BCUT2D eigenvalue weighted by Gasteiger charge is -2.10. The number of hydrogen-bond acceptors (Lipinski definition) is 5. The highest BCUT2D eigenvalue weighted by molar-refractivity contribution is 5.56. The molecule has 14 heavy (non-hydrogen) atoms. The lowest BCUT2D eigenvalue weighted by Crippen LogP contribution is -2.13. The number of hydrazine groups is 1. The van der Waals surface area contributed by atoms with E-state index < -0.39 is 0 Å². The maximum atomic E-state index is 5.40. The van der Waals surface area contributed by atoms with Gasteiger partial charge in [0, 0.05) is 18.5 Å². The number of nitrogen functional groups attached to an aromatic ring is 1. The summed E-state index contributed by atoms with van der Waals surface area (Å²) in [5, 5.41) is 3.05. The zero-order valence-corrected chi connectivity index (χ0v) is 8.46. The number of nitrogens with zero attached hydrogens (tertiary/aromatic N) is 2. The van der Waals surface area contributed by atoms with Crippen LogP contribution in [0.3, 0.4) is 0 Å². The zero-order valence-electron chi connectivity index (χ0n) is 8.46. The van der Waals surface area contributed by atoms with E-state index >= 15 is 0 Å². The van der Waals surface area contributed by atoms with Crippen molar-refractivity contribution in [3.8, 4) is 0 Å². The summed E-state index contributed by atoms with van der Waals surface area (Å²) in [4.78, 5) is 8.82. The molecule has 0 amide bonds. The molecule has 5 heteroatoms. The first-order chi connectivity index (χ1) is 6.76. The molecule has 0 bridgehead atoms. The number of aromatic nitrogens is 2. The smallest absolute Gasteiger partial charge is 0.148 e. The Hall–Kier alpha value is -1.36. The van der Waals surface area contributed by atoms with Gasteiger partial charge in [0.1, 0.15) is 17.5 Å². The Kier molecular flexibility index (Phi) is 2.25. The minimum atomic E-state index is 0.537. The normalized spacial score (nSPS) is 15.4. The van der Waals surface area contributed by atoms with Crippen molar-refractivity contribution in [3.63, 3.8) is 0 Å². The molecule has 1 aromatic rings. The van der Waals surface area contributed by atoms with E-state index in [9.17, 15) is 0 Å². The van der Waals surface area contributed by atoms with Crippen molar-refractivity contribution >= 4 is 11.6 Å². The molecule has 1 aliphatic rings. The number of hydrogen-bond donors (Lipinski definition) is 3. The van der Waals surface area contributed by atoms with E-state index in [0.29, 0.717) is 11.7 Å². The zero-order chi connectivity index (χ0) is 10.1. The van der Waals surface area contributed by atoms with Gasteiger partial charge in [0.25, 0.3) is 0 Å². The molecule has 0 atom stereocenters. The first-order valence-electron chi connectivity index (χ1n) is 4.79. The number of anilines is 2. The lowest BCUT2D eigenvalue weighted by molar-refractivity contribution is 0.918. The fourth-order valence-electron chi connectivity index (χ4n) is 1.44. The SMILES string of the molecule is CNc1nc(C2CC2)nc(NN)c1C. The minimum Gasteiger partial charge on any atom is -0.373 e. The largest absolute Gasteiger partial charge is 0.373 e. The van der Waals surface area contributed by atoms with Gasteiger partial charge in [-0.25, -0.2) is 15.8 Å². The van der Waals surface area contributed by atoms with Crippen molar-refractivity contribution in [3.05, 3.63) is 11.4 Å². The summed E-state index contributed by atoms with van der Waals surface area (Å²) in [6.07, 6.45) is 2.38. The van der Waals surface area contributed by atoms with Gasteiger partial charge in [0.05, 0.1) is 0 Å².